The fourth-order valence-corrected chi connectivity index (χ4v) is 1.51. The van der Waals surface area contributed by atoms with Crippen molar-refractivity contribution >= 4 is 41.5 Å². The van der Waals surface area contributed by atoms with E-state index in [0.29, 0.717) is 0 Å². The topological polar surface area (TPSA) is 36.4 Å². The number of hydrogen-bond donors (Lipinski definition) is 2. The minimum absolute atomic E-state index is 0. The SMILES string of the molecule is CN=C(NC)NCCc1cccc(Cl)c1.I. The van der Waals surface area contributed by atoms with E-state index < -0.39 is 0 Å². The van der Waals surface area contributed by atoms with E-state index in [0.717, 1.165) is 23.9 Å². The van der Waals surface area contributed by atoms with Crippen LogP contribution in [0.1, 0.15) is 5.56 Å². The van der Waals surface area contributed by atoms with Crippen LogP contribution in [-0.2, 0) is 6.42 Å². The van der Waals surface area contributed by atoms with Crippen molar-refractivity contribution in [1.82, 2.24) is 10.6 Å². The molecule has 0 aliphatic heterocycles. The Labute approximate surface area is 119 Å². The first-order valence-electron chi connectivity index (χ1n) is 4.89. The number of halogens is 2. The lowest BCUT2D eigenvalue weighted by Gasteiger charge is -2.08. The molecule has 1 aromatic rings. The Morgan fingerprint density at radius 1 is 1.44 bits per heavy atom. The van der Waals surface area contributed by atoms with E-state index in [9.17, 15) is 0 Å². The van der Waals surface area contributed by atoms with Gasteiger partial charge in [0, 0.05) is 25.7 Å². The lowest BCUT2D eigenvalue weighted by Crippen LogP contribution is -2.35. The van der Waals surface area contributed by atoms with Gasteiger partial charge in [0.1, 0.15) is 0 Å². The summed E-state index contributed by atoms with van der Waals surface area (Å²) >= 11 is 5.88. The van der Waals surface area contributed by atoms with Crippen LogP contribution in [0.5, 0.6) is 0 Å². The Morgan fingerprint density at radius 3 is 2.75 bits per heavy atom. The van der Waals surface area contributed by atoms with Crippen LogP contribution in [0.3, 0.4) is 0 Å². The van der Waals surface area contributed by atoms with Gasteiger partial charge in [-0.25, -0.2) is 0 Å². The minimum atomic E-state index is 0. The molecule has 0 aliphatic carbocycles. The maximum absolute atomic E-state index is 5.88. The maximum Gasteiger partial charge on any atom is 0.190 e. The number of nitrogens with one attached hydrogen (secondary N) is 2. The zero-order valence-corrected chi connectivity index (χ0v) is 12.5. The largest absolute Gasteiger partial charge is 0.359 e. The maximum atomic E-state index is 5.88. The molecule has 0 aromatic heterocycles. The predicted molar refractivity (Wildman–Crippen MR) is 81.0 cm³/mol. The highest BCUT2D eigenvalue weighted by Gasteiger charge is 1.95. The average molecular weight is 354 g/mol. The smallest absolute Gasteiger partial charge is 0.190 e. The molecule has 0 saturated heterocycles. The highest BCUT2D eigenvalue weighted by atomic mass is 127. The Balaban J connectivity index is 0.00000225. The van der Waals surface area contributed by atoms with Crippen LogP contribution in [0.25, 0.3) is 0 Å². The lowest BCUT2D eigenvalue weighted by atomic mass is 10.1. The Morgan fingerprint density at radius 2 is 2.19 bits per heavy atom. The summed E-state index contributed by atoms with van der Waals surface area (Å²) in [6.45, 7) is 0.841. The molecule has 0 radical (unpaired) electrons. The summed E-state index contributed by atoms with van der Waals surface area (Å²) in [6.07, 6.45) is 0.932. The molecule has 0 amide bonds. The number of guanidine groups is 1. The zero-order valence-electron chi connectivity index (χ0n) is 9.46. The van der Waals surface area contributed by atoms with Crippen molar-refractivity contribution in [1.29, 1.82) is 0 Å². The fourth-order valence-electron chi connectivity index (χ4n) is 1.30. The highest BCUT2D eigenvalue weighted by molar-refractivity contribution is 14.0. The monoisotopic (exact) mass is 353 g/mol. The molecule has 1 aromatic carbocycles. The van der Waals surface area contributed by atoms with Crippen LogP contribution < -0.4 is 10.6 Å². The molecule has 0 atom stereocenters. The van der Waals surface area contributed by atoms with Crippen LogP contribution in [0.4, 0.5) is 0 Å². The molecule has 0 bridgehead atoms. The molecule has 0 unspecified atom stereocenters. The van der Waals surface area contributed by atoms with Gasteiger partial charge in [-0.2, -0.15) is 0 Å². The molecule has 0 heterocycles. The molecule has 0 saturated carbocycles. The lowest BCUT2D eigenvalue weighted by molar-refractivity contribution is 0.834. The van der Waals surface area contributed by atoms with E-state index in [-0.39, 0.29) is 24.0 Å². The van der Waals surface area contributed by atoms with Gasteiger partial charge >= 0.3 is 0 Å². The molecule has 2 N–H and O–H groups in total. The normalized spacial score (nSPS) is 10.6. The van der Waals surface area contributed by atoms with Crippen molar-refractivity contribution in [3.63, 3.8) is 0 Å². The van der Waals surface area contributed by atoms with Gasteiger partial charge in [0.05, 0.1) is 0 Å². The number of hydrogen-bond acceptors (Lipinski definition) is 1. The van der Waals surface area contributed by atoms with Crippen LogP contribution in [0.2, 0.25) is 5.02 Å². The Bertz CT molecular complexity index is 342. The van der Waals surface area contributed by atoms with Gasteiger partial charge < -0.3 is 10.6 Å². The van der Waals surface area contributed by atoms with Crippen molar-refractivity contribution < 1.29 is 0 Å². The standard InChI is InChI=1S/C11H16ClN3.HI/c1-13-11(14-2)15-7-6-9-4-3-5-10(12)8-9;/h3-5,8H,6-7H2,1-2H3,(H2,13,14,15);1H. The molecular formula is C11H17ClIN3. The van der Waals surface area contributed by atoms with Crippen LogP contribution in [0, 0.1) is 0 Å². The van der Waals surface area contributed by atoms with Crippen molar-refractivity contribution in [2.24, 2.45) is 4.99 Å². The van der Waals surface area contributed by atoms with Crippen LogP contribution in [0.15, 0.2) is 29.3 Å². The summed E-state index contributed by atoms with van der Waals surface area (Å²) in [4.78, 5) is 4.02. The van der Waals surface area contributed by atoms with E-state index >= 15 is 0 Å². The molecule has 0 spiro atoms. The second kappa shape index (κ2) is 8.64. The molecule has 16 heavy (non-hydrogen) atoms. The number of nitrogens with zero attached hydrogens (tertiary/aromatic N) is 1. The third kappa shape index (κ3) is 5.55. The van der Waals surface area contributed by atoms with Gasteiger partial charge in [-0.3, -0.25) is 4.99 Å². The molecule has 1 rings (SSSR count). The summed E-state index contributed by atoms with van der Waals surface area (Å²) < 4.78 is 0. The van der Waals surface area contributed by atoms with Gasteiger partial charge in [-0.05, 0) is 24.1 Å². The summed E-state index contributed by atoms with van der Waals surface area (Å²) in [5.74, 6) is 0.803. The summed E-state index contributed by atoms with van der Waals surface area (Å²) in [7, 11) is 3.59. The minimum Gasteiger partial charge on any atom is -0.359 e. The van der Waals surface area contributed by atoms with Crippen molar-refractivity contribution in [2.75, 3.05) is 20.6 Å². The molecule has 5 heteroatoms. The van der Waals surface area contributed by atoms with E-state index in [4.69, 9.17) is 11.6 Å². The average Bonchev–Trinajstić information content (AvgIpc) is 2.25. The summed E-state index contributed by atoms with van der Waals surface area (Å²) in [6, 6.07) is 7.89. The second-order valence-corrected chi connectivity index (χ2v) is 3.57. The van der Waals surface area contributed by atoms with Crippen molar-refractivity contribution in [3.05, 3.63) is 34.9 Å². The number of aliphatic imine (C=N–C) groups is 1. The molecule has 3 nitrogen and oxygen atoms in total. The Hall–Kier alpha value is -0.490. The first-order chi connectivity index (χ1) is 7.26. The third-order valence-corrected chi connectivity index (χ3v) is 2.29. The van der Waals surface area contributed by atoms with Crippen LogP contribution >= 0.6 is 35.6 Å². The summed E-state index contributed by atoms with van der Waals surface area (Å²) in [5.41, 5.74) is 1.22. The van der Waals surface area contributed by atoms with Gasteiger partial charge in [0.15, 0.2) is 5.96 Å². The second-order valence-electron chi connectivity index (χ2n) is 3.13. The quantitative estimate of drug-likeness (QED) is 0.497. The first-order valence-corrected chi connectivity index (χ1v) is 5.27. The van der Waals surface area contributed by atoms with Crippen LogP contribution in [-0.4, -0.2) is 26.6 Å². The predicted octanol–water partition coefficient (Wildman–Crippen LogP) is 2.30. The third-order valence-electron chi connectivity index (χ3n) is 2.06. The van der Waals surface area contributed by atoms with Crippen molar-refractivity contribution in [3.8, 4) is 0 Å². The first kappa shape index (κ1) is 15.5. The Kier molecular flexibility index (Phi) is 8.37. The number of benzene rings is 1. The zero-order chi connectivity index (χ0) is 11.1. The van der Waals surface area contributed by atoms with Gasteiger partial charge in [0.25, 0.3) is 0 Å². The van der Waals surface area contributed by atoms with E-state index in [1.54, 1.807) is 7.05 Å². The summed E-state index contributed by atoms with van der Waals surface area (Å²) in [5, 5.41) is 6.93. The van der Waals surface area contributed by atoms with Crippen molar-refractivity contribution in [2.45, 2.75) is 6.42 Å². The highest BCUT2D eigenvalue weighted by Crippen LogP contribution is 2.10. The molecule has 0 fully saturated rings. The molecule has 0 aliphatic rings. The van der Waals surface area contributed by atoms with Gasteiger partial charge in [-0.1, -0.05) is 23.7 Å². The van der Waals surface area contributed by atoms with E-state index in [2.05, 4.69) is 21.7 Å². The number of rotatable bonds is 3. The van der Waals surface area contributed by atoms with E-state index in [1.165, 1.54) is 5.56 Å². The molecule has 90 valence electrons. The van der Waals surface area contributed by atoms with Gasteiger partial charge in [-0.15, -0.1) is 24.0 Å². The fraction of sp³-hybridized carbons (Fsp3) is 0.364. The van der Waals surface area contributed by atoms with E-state index in [1.807, 2.05) is 25.2 Å². The molecular weight excluding hydrogens is 336 g/mol. The van der Waals surface area contributed by atoms with Gasteiger partial charge in [0.2, 0.25) is 0 Å².